The van der Waals surface area contributed by atoms with Crippen molar-refractivity contribution >= 4 is 5.69 Å². The molecule has 0 atom stereocenters. The molecule has 0 fully saturated rings. The molecule has 0 aliphatic carbocycles. The number of hydrogen-bond donors (Lipinski definition) is 1. The molecule has 0 aliphatic rings. The summed E-state index contributed by atoms with van der Waals surface area (Å²) < 4.78 is 0. The predicted octanol–water partition coefficient (Wildman–Crippen LogP) is 3.52. The maximum Gasteiger partial charge on any atom is 0.0562 e. The maximum absolute atomic E-state index is 4.42. The highest BCUT2D eigenvalue weighted by atomic mass is 15.1. The lowest BCUT2D eigenvalue weighted by atomic mass is 10.1. The molecule has 0 radical (unpaired) electrons. The molecule has 1 aromatic carbocycles. The van der Waals surface area contributed by atoms with Crippen molar-refractivity contribution in [3.05, 3.63) is 59.4 Å². The number of hydrogen-bond acceptors (Lipinski definition) is 3. The third-order valence-corrected chi connectivity index (χ3v) is 3.47. The monoisotopic (exact) mass is 283 g/mol. The second-order valence-corrected chi connectivity index (χ2v) is 5.88. The van der Waals surface area contributed by atoms with Gasteiger partial charge in [-0.1, -0.05) is 43.7 Å². The van der Waals surface area contributed by atoms with Gasteiger partial charge in [-0.15, -0.1) is 0 Å². The summed E-state index contributed by atoms with van der Waals surface area (Å²) in [5.74, 6) is 0. The summed E-state index contributed by atoms with van der Waals surface area (Å²) >= 11 is 0. The molecule has 2 rings (SSSR count). The van der Waals surface area contributed by atoms with E-state index >= 15 is 0 Å². The van der Waals surface area contributed by atoms with Crippen LogP contribution in [0.4, 0.5) is 5.69 Å². The van der Waals surface area contributed by atoms with Gasteiger partial charge in [0.25, 0.3) is 0 Å². The first-order chi connectivity index (χ1) is 10.0. The van der Waals surface area contributed by atoms with E-state index in [1.807, 2.05) is 6.20 Å². The Hall–Kier alpha value is -1.87. The van der Waals surface area contributed by atoms with Gasteiger partial charge in [-0.25, -0.2) is 0 Å². The Balaban J connectivity index is 2.03. The van der Waals surface area contributed by atoms with Crippen molar-refractivity contribution in [3.63, 3.8) is 0 Å². The zero-order valence-electron chi connectivity index (χ0n) is 13.4. The van der Waals surface area contributed by atoms with E-state index < -0.39 is 0 Å². The van der Waals surface area contributed by atoms with Gasteiger partial charge in [0.2, 0.25) is 0 Å². The van der Waals surface area contributed by atoms with Crippen molar-refractivity contribution in [1.82, 2.24) is 10.3 Å². The molecule has 1 heterocycles. The molecule has 0 spiro atoms. The minimum absolute atomic E-state index is 0.473. The minimum Gasteiger partial charge on any atom is -0.370 e. The number of anilines is 1. The van der Waals surface area contributed by atoms with Crippen molar-refractivity contribution in [2.45, 2.75) is 39.9 Å². The van der Waals surface area contributed by atoms with Crippen LogP contribution in [0, 0.1) is 6.92 Å². The van der Waals surface area contributed by atoms with Crippen LogP contribution in [-0.4, -0.2) is 18.1 Å². The molecule has 3 nitrogen and oxygen atoms in total. The van der Waals surface area contributed by atoms with Crippen LogP contribution in [0.1, 0.15) is 30.7 Å². The summed E-state index contributed by atoms with van der Waals surface area (Å²) in [6.45, 7) is 8.12. The molecule has 0 bridgehead atoms. The van der Waals surface area contributed by atoms with E-state index in [0.29, 0.717) is 6.04 Å². The smallest absolute Gasteiger partial charge is 0.0562 e. The van der Waals surface area contributed by atoms with E-state index in [1.54, 1.807) is 0 Å². The molecular formula is C18H25N3. The van der Waals surface area contributed by atoms with Gasteiger partial charge < -0.3 is 10.2 Å². The first-order valence-electron chi connectivity index (χ1n) is 7.49. The van der Waals surface area contributed by atoms with Crippen LogP contribution < -0.4 is 10.2 Å². The SMILES string of the molecule is Cc1ccc(CN(C)c2ccnc(CNC(C)C)c2)cc1. The average Bonchev–Trinajstić information content (AvgIpc) is 2.48. The molecule has 0 aliphatic heterocycles. The normalized spacial score (nSPS) is 10.9. The van der Waals surface area contributed by atoms with Crippen LogP contribution in [-0.2, 0) is 13.1 Å². The fourth-order valence-corrected chi connectivity index (χ4v) is 2.17. The number of aryl methyl sites for hydroxylation is 1. The van der Waals surface area contributed by atoms with Crippen molar-refractivity contribution < 1.29 is 0 Å². The van der Waals surface area contributed by atoms with Crippen molar-refractivity contribution in [2.24, 2.45) is 0 Å². The minimum atomic E-state index is 0.473. The third-order valence-electron chi connectivity index (χ3n) is 3.47. The third kappa shape index (κ3) is 4.87. The van der Waals surface area contributed by atoms with Crippen LogP contribution in [0.2, 0.25) is 0 Å². The zero-order chi connectivity index (χ0) is 15.2. The Morgan fingerprint density at radius 3 is 2.52 bits per heavy atom. The van der Waals surface area contributed by atoms with E-state index in [0.717, 1.165) is 18.8 Å². The summed E-state index contributed by atoms with van der Waals surface area (Å²) in [5.41, 5.74) is 4.90. The molecule has 3 heteroatoms. The van der Waals surface area contributed by atoms with E-state index in [9.17, 15) is 0 Å². The number of nitrogens with one attached hydrogen (secondary N) is 1. The molecule has 1 aromatic heterocycles. The van der Waals surface area contributed by atoms with Gasteiger partial charge in [-0.2, -0.15) is 0 Å². The highest BCUT2D eigenvalue weighted by Gasteiger charge is 2.04. The largest absolute Gasteiger partial charge is 0.370 e. The van der Waals surface area contributed by atoms with Gasteiger partial charge in [-0.05, 0) is 24.6 Å². The van der Waals surface area contributed by atoms with E-state index in [1.165, 1.54) is 16.8 Å². The molecule has 21 heavy (non-hydrogen) atoms. The topological polar surface area (TPSA) is 28.2 Å². The molecule has 0 amide bonds. The Labute approximate surface area is 128 Å². The Morgan fingerprint density at radius 1 is 1.14 bits per heavy atom. The Bertz CT molecular complexity index is 561. The fourth-order valence-electron chi connectivity index (χ4n) is 2.17. The number of pyridine rings is 1. The molecule has 0 unspecified atom stereocenters. The van der Waals surface area contributed by atoms with Gasteiger partial charge in [0.15, 0.2) is 0 Å². The number of nitrogens with zero attached hydrogens (tertiary/aromatic N) is 2. The molecule has 0 saturated heterocycles. The highest BCUT2D eigenvalue weighted by Crippen LogP contribution is 2.16. The first kappa shape index (κ1) is 15.5. The van der Waals surface area contributed by atoms with Crippen LogP contribution in [0.5, 0.6) is 0 Å². The maximum atomic E-state index is 4.42. The van der Waals surface area contributed by atoms with Crippen molar-refractivity contribution in [1.29, 1.82) is 0 Å². The summed E-state index contributed by atoms with van der Waals surface area (Å²) in [6, 6.07) is 13.4. The summed E-state index contributed by atoms with van der Waals surface area (Å²) in [5, 5.41) is 3.40. The fraction of sp³-hybridized carbons (Fsp3) is 0.389. The second kappa shape index (κ2) is 7.23. The van der Waals surface area contributed by atoms with E-state index in [2.05, 4.69) is 79.4 Å². The predicted molar refractivity (Wildman–Crippen MR) is 89.5 cm³/mol. The van der Waals surface area contributed by atoms with E-state index in [4.69, 9.17) is 0 Å². The summed E-state index contributed by atoms with van der Waals surface area (Å²) in [7, 11) is 2.12. The lowest BCUT2D eigenvalue weighted by Crippen LogP contribution is -2.23. The lowest BCUT2D eigenvalue weighted by Gasteiger charge is -2.20. The highest BCUT2D eigenvalue weighted by molar-refractivity contribution is 5.46. The zero-order valence-corrected chi connectivity index (χ0v) is 13.4. The van der Waals surface area contributed by atoms with Gasteiger partial charge in [0.1, 0.15) is 0 Å². The van der Waals surface area contributed by atoms with Crippen LogP contribution in [0.15, 0.2) is 42.6 Å². The van der Waals surface area contributed by atoms with E-state index in [-0.39, 0.29) is 0 Å². The quantitative estimate of drug-likeness (QED) is 0.879. The van der Waals surface area contributed by atoms with Crippen molar-refractivity contribution in [3.8, 4) is 0 Å². The first-order valence-corrected chi connectivity index (χ1v) is 7.49. The summed E-state index contributed by atoms with van der Waals surface area (Å²) in [4.78, 5) is 6.68. The molecule has 0 saturated carbocycles. The van der Waals surface area contributed by atoms with Gasteiger partial charge in [0.05, 0.1) is 5.69 Å². The van der Waals surface area contributed by atoms with Crippen molar-refractivity contribution in [2.75, 3.05) is 11.9 Å². The lowest BCUT2D eigenvalue weighted by molar-refractivity contribution is 0.581. The number of aromatic nitrogens is 1. The molecule has 112 valence electrons. The van der Waals surface area contributed by atoms with Gasteiger partial charge in [-0.3, -0.25) is 4.98 Å². The molecule has 1 N–H and O–H groups in total. The Morgan fingerprint density at radius 2 is 1.86 bits per heavy atom. The van der Waals surface area contributed by atoms with Gasteiger partial charge in [0, 0.05) is 38.1 Å². The molecule has 2 aromatic rings. The standard InChI is InChI=1S/C18H25N3/c1-14(2)20-12-17-11-18(9-10-19-17)21(4)13-16-7-5-15(3)6-8-16/h5-11,14,20H,12-13H2,1-4H3. The second-order valence-electron chi connectivity index (χ2n) is 5.88. The molecular weight excluding hydrogens is 258 g/mol. The van der Waals surface area contributed by atoms with Crippen LogP contribution >= 0.6 is 0 Å². The Kier molecular flexibility index (Phi) is 5.34. The van der Waals surface area contributed by atoms with Gasteiger partial charge >= 0.3 is 0 Å². The number of rotatable bonds is 6. The van der Waals surface area contributed by atoms with Crippen LogP contribution in [0.25, 0.3) is 0 Å². The average molecular weight is 283 g/mol. The summed E-state index contributed by atoms with van der Waals surface area (Å²) in [6.07, 6.45) is 1.89. The van der Waals surface area contributed by atoms with Crippen LogP contribution in [0.3, 0.4) is 0 Å². The number of benzene rings is 1.